The lowest BCUT2D eigenvalue weighted by atomic mass is 10.1. The first kappa shape index (κ1) is 18.7. The summed E-state index contributed by atoms with van der Waals surface area (Å²) < 4.78 is 5.35. The number of hydrogen-bond acceptors (Lipinski definition) is 5. The van der Waals surface area contributed by atoms with Gasteiger partial charge in [-0.2, -0.15) is 0 Å². The van der Waals surface area contributed by atoms with E-state index >= 15 is 0 Å². The maximum absolute atomic E-state index is 12.0. The van der Waals surface area contributed by atoms with Gasteiger partial charge in [-0.25, -0.2) is 4.79 Å². The molecule has 1 N–H and O–H groups in total. The average molecular weight is 378 g/mol. The molecule has 0 saturated carbocycles. The minimum absolute atomic E-state index is 0.151. The van der Waals surface area contributed by atoms with Crippen LogP contribution in [0.2, 0.25) is 0 Å². The van der Waals surface area contributed by atoms with Gasteiger partial charge in [0.2, 0.25) is 0 Å². The third-order valence-corrected chi connectivity index (χ3v) is 5.57. The van der Waals surface area contributed by atoms with Gasteiger partial charge in [-0.3, -0.25) is 9.80 Å². The van der Waals surface area contributed by atoms with Gasteiger partial charge in [-0.15, -0.1) is 0 Å². The smallest absolute Gasteiger partial charge is 0.336 e. The van der Waals surface area contributed by atoms with Crippen molar-refractivity contribution in [2.45, 2.75) is 26.9 Å². The highest BCUT2D eigenvalue weighted by molar-refractivity contribution is 5.84. The number of fused-ring (bicyclic) bond motifs is 1. The van der Waals surface area contributed by atoms with Gasteiger partial charge in [0.1, 0.15) is 11.3 Å². The monoisotopic (exact) mass is 378 g/mol. The topological polar surface area (TPSA) is 56.9 Å². The number of benzene rings is 2. The van der Waals surface area contributed by atoms with Crippen LogP contribution in [-0.2, 0) is 13.1 Å². The number of aromatic hydroxyl groups is 1. The van der Waals surface area contributed by atoms with E-state index in [9.17, 15) is 9.90 Å². The second kappa shape index (κ2) is 7.78. The third kappa shape index (κ3) is 3.96. The first-order valence-corrected chi connectivity index (χ1v) is 9.75. The molecule has 146 valence electrons. The highest BCUT2D eigenvalue weighted by Gasteiger charge is 2.19. The SMILES string of the molecule is Cc1cccc(CN2CCN(Cc3cc(=O)oc4c(C)c(O)ccc34)CC2)c1. The number of phenols is 1. The Balaban J connectivity index is 1.45. The molecule has 1 saturated heterocycles. The molecule has 0 amide bonds. The normalized spacial score (nSPS) is 15.9. The van der Waals surface area contributed by atoms with Crippen LogP contribution in [0.5, 0.6) is 5.75 Å². The van der Waals surface area contributed by atoms with Crippen LogP contribution in [0.25, 0.3) is 11.0 Å². The Bertz CT molecular complexity index is 1050. The molecule has 1 aromatic heterocycles. The molecule has 0 radical (unpaired) electrons. The summed E-state index contributed by atoms with van der Waals surface area (Å²) in [6, 6.07) is 13.8. The van der Waals surface area contributed by atoms with Crippen molar-refractivity contribution in [2.75, 3.05) is 26.2 Å². The Morgan fingerprint density at radius 3 is 2.39 bits per heavy atom. The summed E-state index contributed by atoms with van der Waals surface area (Å²) in [6.45, 7) is 9.53. The molecule has 0 spiro atoms. The van der Waals surface area contributed by atoms with Gasteiger partial charge in [-0.05, 0) is 37.1 Å². The average Bonchev–Trinajstić information content (AvgIpc) is 2.67. The van der Waals surface area contributed by atoms with Gasteiger partial charge < -0.3 is 9.52 Å². The van der Waals surface area contributed by atoms with E-state index in [0.29, 0.717) is 17.7 Å². The van der Waals surface area contributed by atoms with Gasteiger partial charge in [0.15, 0.2) is 0 Å². The standard InChI is InChI=1S/C23H26N2O3/c1-16-4-3-5-18(12-16)14-24-8-10-25(11-9-24)15-19-13-22(27)28-23-17(2)21(26)7-6-20(19)23/h3-7,12-13,26H,8-11,14-15H2,1-2H3. The highest BCUT2D eigenvalue weighted by Crippen LogP contribution is 2.28. The van der Waals surface area contributed by atoms with Crippen LogP contribution in [0.15, 0.2) is 51.7 Å². The summed E-state index contributed by atoms with van der Waals surface area (Å²) in [5.41, 5.74) is 4.35. The number of phenolic OH excluding ortho intramolecular Hbond substituents is 1. The molecule has 4 rings (SSSR count). The second-order valence-electron chi connectivity index (χ2n) is 7.72. The zero-order valence-corrected chi connectivity index (χ0v) is 16.4. The fourth-order valence-electron chi connectivity index (χ4n) is 3.96. The number of aryl methyl sites for hydroxylation is 2. The molecule has 5 nitrogen and oxygen atoms in total. The molecule has 2 heterocycles. The number of hydrogen-bond donors (Lipinski definition) is 1. The quantitative estimate of drug-likeness (QED) is 0.705. The molecular weight excluding hydrogens is 352 g/mol. The number of rotatable bonds is 4. The lowest BCUT2D eigenvalue weighted by Gasteiger charge is -2.35. The van der Waals surface area contributed by atoms with E-state index in [0.717, 1.165) is 43.7 Å². The highest BCUT2D eigenvalue weighted by atomic mass is 16.4. The molecule has 1 aliphatic rings. The van der Waals surface area contributed by atoms with Crippen LogP contribution < -0.4 is 5.63 Å². The van der Waals surface area contributed by atoms with Crippen LogP contribution >= 0.6 is 0 Å². The van der Waals surface area contributed by atoms with Crippen molar-refractivity contribution < 1.29 is 9.52 Å². The third-order valence-electron chi connectivity index (χ3n) is 5.57. The second-order valence-corrected chi connectivity index (χ2v) is 7.72. The van der Waals surface area contributed by atoms with Crippen molar-refractivity contribution in [3.05, 3.63) is 75.1 Å². The van der Waals surface area contributed by atoms with Gasteiger partial charge >= 0.3 is 5.63 Å². The Hall–Kier alpha value is -2.63. The molecule has 0 aliphatic carbocycles. The first-order chi connectivity index (χ1) is 13.5. The number of nitrogens with zero attached hydrogens (tertiary/aromatic N) is 2. The Labute approximate surface area is 164 Å². The zero-order chi connectivity index (χ0) is 19.7. The molecule has 0 unspecified atom stereocenters. The predicted octanol–water partition coefficient (Wildman–Crippen LogP) is 3.43. The van der Waals surface area contributed by atoms with Crippen molar-refractivity contribution in [2.24, 2.45) is 0 Å². The molecular formula is C23H26N2O3. The van der Waals surface area contributed by atoms with E-state index in [1.807, 2.05) is 6.07 Å². The van der Waals surface area contributed by atoms with Crippen LogP contribution in [0.4, 0.5) is 0 Å². The molecule has 0 atom stereocenters. The largest absolute Gasteiger partial charge is 0.508 e. The lowest BCUT2D eigenvalue weighted by molar-refractivity contribution is 0.122. The lowest BCUT2D eigenvalue weighted by Crippen LogP contribution is -2.45. The molecule has 1 aliphatic heterocycles. The molecule has 0 bridgehead atoms. The summed E-state index contributed by atoms with van der Waals surface area (Å²) >= 11 is 0. The van der Waals surface area contributed by atoms with Crippen molar-refractivity contribution in [1.82, 2.24) is 9.80 Å². The Kier molecular flexibility index (Phi) is 5.20. The van der Waals surface area contributed by atoms with Crippen molar-refractivity contribution in [1.29, 1.82) is 0 Å². The van der Waals surface area contributed by atoms with Crippen LogP contribution in [0.1, 0.15) is 22.3 Å². The summed E-state index contributed by atoms with van der Waals surface area (Å²) in [5, 5.41) is 10.8. The summed E-state index contributed by atoms with van der Waals surface area (Å²) in [4.78, 5) is 16.9. The van der Waals surface area contributed by atoms with Crippen molar-refractivity contribution >= 4 is 11.0 Å². The molecule has 5 heteroatoms. The van der Waals surface area contributed by atoms with E-state index < -0.39 is 0 Å². The predicted molar refractivity (Wildman–Crippen MR) is 111 cm³/mol. The molecule has 2 aromatic carbocycles. The summed E-state index contributed by atoms with van der Waals surface area (Å²) in [7, 11) is 0. The Morgan fingerprint density at radius 1 is 0.964 bits per heavy atom. The van der Waals surface area contributed by atoms with Gasteiger partial charge in [-0.1, -0.05) is 29.8 Å². The fraction of sp³-hybridized carbons (Fsp3) is 0.348. The fourth-order valence-corrected chi connectivity index (χ4v) is 3.96. The first-order valence-electron chi connectivity index (χ1n) is 9.75. The molecule has 3 aromatic rings. The number of piperazine rings is 1. The van der Waals surface area contributed by atoms with Gasteiger partial charge in [0.25, 0.3) is 0 Å². The Morgan fingerprint density at radius 2 is 1.68 bits per heavy atom. The molecule has 28 heavy (non-hydrogen) atoms. The minimum atomic E-state index is -0.366. The van der Waals surface area contributed by atoms with Crippen LogP contribution in [0.3, 0.4) is 0 Å². The summed E-state index contributed by atoms with van der Waals surface area (Å²) in [5.74, 6) is 0.151. The van der Waals surface area contributed by atoms with E-state index in [1.165, 1.54) is 11.1 Å². The zero-order valence-electron chi connectivity index (χ0n) is 16.4. The van der Waals surface area contributed by atoms with Crippen LogP contribution in [-0.4, -0.2) is 41.1 Å². The van der Waals surface area contributed by atoms with Crippen LogP contribution in [0, 0.1) is 13.8 Å². The molecule has 1 fully saturated rings. The maximum atomic E-state index is 12.0. The van der Waals surface area contributed by atoms with E-state index in [4.69, 9.17) is 4.42 Å². The van der Waals surface area contributed by atoms with Gasteiger partial charge in [0.05, 0.1) is 0 Å². The minimum Gasteiger partial charge on any atom is -0.508 e. The maximum Gasteiger partial charge on any atom is 0.336 e. The van der Waals surface area contributed by atoms with E-state index in [-0.39, 0.29) is 11.4 Å². The van der Waals surface area contributed by atoms with Gasteiger partial charge in [0, 0.05) is 56.3 Å². The summed E-state index contributed by atoms with van der Waals surface area (Å²) in [6.07, 6.45) is 0. The van der Waals surface area contributed by atoms with E-state index in [2.05, 4.69) is 41.0 Å². The van der Waals surface area contributed by atoms with Crippen molar-refractivity contribution in [3.63, 3.8) is 0 Å². The van der Waals surface area contributed by atoms with E-state index in [1.54, 1.807) is 19.1 Å². The van der Waals surface area contributed by atoms with Crippen molar-refractivity contribution in [3.8, 4) is 5.75 Å².